The van der Waals surface area contributed by atoms with Gasteiger partial charge in [-0.3, -0.25) is 23.7 Å². The van der Waals surface area contributed by atoms with E-state index in [9.17, 15) is 14.4 Å². The number of hydrogen-bond donors (Lipinski definition) is 1. The number of morpholine rings is 1. The average molecular weight is 569 g/mol. The fourth-order valence-electron chi connectivity index (χ4n) is 5.27. The number of hydrogen-bond acceptors (Lipinski definition) is 8. The number of nitrogens with one attached hydrogen (secondary N) is 1. The first-order chi connectivity index (χ1) is 18.9. The maximum Gasteiger partial charge on any atom is 0.258 e. The first-order valence-corrected chi connectivity index (χ1v) is 14.3. The fourth-order valence-corrected chi connectivity index (χ4v) is 6.60. The molecule has 5 heterocycles. The Morgan fingerprint density at radius 1 is 1.08 bits per heavy atom. The minimum atomic E-state index is -0.394. The Kier molecular flexibility index (Phi) is 7.15. The summed E-state index contributed by atoms with van der Waals surface area (Å²) in [6, 6.07) is 9.11. The van der Waals surface area contributed by atoms with Crippen molar-refractivity contribution in [3.05, 3.63) is 51.1 Å². The van der Waals surface area contributed by atoms with Crippen LogP contribution in [0.5, 0.6) is 0 Å². The molecule has 2 fully saturated rings. The van der Waals surface area contributed by atoms with E-state index in [1.165, 1.54) is 11.3 Å². The van der Waals surface area contributed by atoms with E-state index in [0.717, 1.165) is 29.1 Å². The Morgan fingerprint density at radius 2 is 1.85 bits per heavy atom. The van der Waals surface area contributed by atoms with Gasteiger partial charge in [0.1, 0.15) is 16.2 Å². The van der Waals surface area contributed by atoms with E-state index in [1.807, 2.05) is 27.5 Å². The predicted molar refractivity (Wildman–Crippen MR) is 153 cm³/mol. The molecule has 0 aliphatic carbocycles. The van der Waals surface area contributed by atoms with Gasteiger partial charge in [0, 0.05) is 64.3 Å². The van der Waals surface area contributed by atoms with E-state index < -0.39 is 5.91 Å². The molecule has 204 valence electrons. The maximum absolute atomic E-state index is 13.8. The number of carbonyl (C=O) groups is 2. The van der Waals surface area contributed by atoms with Crippen LogP contribution >= 0.6 is 22.9 Å². The lowest BCUT2D eigenvalue weighted by Crippen LogP contribution is -2.48. The van der Waals surface area contributed by atoms with Gasteiger partial charge in [-0.1, -0.05) is 11.6 Å². The van der Waals surface area contributed by atoms with Crippen LogP contribution in [0.3, 0.4) is 0 Å². The quantitative estimate of drug-likeness (QED) is 0.395. The molecule has 0 saturated carbocycles. The highest BCUT2D eigenvalue weighted by molar-refractivity contribution is 7.24. The molecule has 0 radical (unpaired) electrons. The van der Waals surface area contributed by atoms with Gasteiger partial charge in [-0.25, -0.2) is 4.98 Å². The zero-order valence-electron chi connectivity index (χ0n) is 21.6. The molecule has 39 heavy (non-hydrogen) atoms. The molecule has 6 rings (SSSR count). The first kappa shape index (κ1) is 26.0. The molecule has 10 nitrogen and oxygen atoms in total. The van der Waals surface area contributed by atoms with Crippen LogP contribution in [-0.2, 0) is 9.53 Å². The lowest BCUT2D eigenvalue weighted by atomic mass is 10.1. The fraction of sp³-hybridized carbons (Fsp3) is 0.407. The molecule has 0 spiro atoms. The largest absolute Gasteiger partial charge is 0.379 e. The van der Waals surface area contributed by atoms with Gasteiger partial charge in [-0.05, 0) is 30.3 Å². The van der Waals surface area contributed by atoms with Gasteiger partial charge in [-0.2, -0.15) is 0 Å². The molecule has 1 N–H and O–H groups in total. The van der Waals surface area contributed by atoms with E-state index in [0.29, 0.717) is 73.4 Å². The number of benzene rings is 1. The van der Waals surface area contributed by atoms with Crippen molar-refractivity contribution >= 4 is 66.7 Å². The normalized spacial score (nSPS) is 16.9. The molecule has 2 saturated heterocycles. The van der Waals surface area contributed by atoms with Crippen LogP contribution in [0.25, 0.3) is 26.1 Å². The second kappa shape index (κ2) is 10.7. The Hall–Kier alpha value is -3.25. The highest BCUT2D eigenvalue weighted by Gasteiger charge is 2.25. The lowest BCUT2D eigenvalue weighted by molar-refractivity contribution is -0.129. The minimum absolute atomic E-state index is 0.0618. The van der Waals surface area contributed by atoms with Crippen molar-refractivity contribution in [2.75, 3.05) is 70.5 Å². The summed E-state index contributed by atoms with van der Waals surface area (Å²) in [6.45, 7) is 8.26. The SMILES string of the molecule is CC(=O)N1CCN(c2ccc3c(=O)c(C(=O)NCCN4CCOCC4)c4sc5ccc(Cl)cc5n4c3n2)CC1. The number of piperazine rings is 1. The number of carbonyl (C=O) groups excluding carboxylic acids is 2. The molecular weight excluding hydrogens is 540 g/mol. The van der Waals surface area contributed by atoms with Crippen LogP contribution in [0.2, 0.25) is 5.02 Å². The molecule has 0 unspecified atom stereocenters. The summed E-state index contributed by atoms with van der Waals surface area (Å²) in [5.74, 6) is 0.393. The Bertz CT molecular complexity index is 1640. The van der Waals surface area contributed by atoms with Crippen molar-refractivity contribution in [2.24, 2.45) is 0 Å². The van der Waals surface area contributed by atoms with E-state index in [2.05, 4.69) is 15.1 Å². The number of thiazole rings is 1. The van der Waals surface area contributed by atoms with Crippen LogP contribution in [0.15, 0.2) is 35.1 Å². The monoisotopic (exact) mass is 568 g/mol. The highest BCUT2D eigenvalue weighted by Crippen LogP contribution is 2.33. The van der Waals surface area contributed by atoms with Crippen LogP contribution in [-0.4, -0.2) is 96.6 Å². The van der Waals surface area contributed by atoms with Gasteiger partial charge in [0.05, 0.1) is 28.8 Å². The number of fused-ring (bicyclic) bond motifs is 5. The summed E-state index contributed by atoms with van der Waals surface area (Å²) in [5, 5.41) is 3.89. The Balaban J connectivity index is 1.41. The van der Waals surface area contributed by atoms with Gasteiger partial charge in [-0.15, -0.1) is 11.3 Å². The summed E-state index contributed by atoms with van der Waals surface area (Å²) >= 11 is 7.75. The van der Waals surface area contributed by atoms with Crippen LogP contribution in [0.4, 0.5) is 5.82 Å². The van der Waals surface area contributed by atoms with E-state index >= 15 is 0 Å². The number of halogens is 1. The summed E-state index contributed by atoms with van der Waals surface area (Å²) in [7, 11) is 0. The third-order valence-electron chi connectivity index (χ3n) is 7.42. The van der Waals surface area contributed by atoms with Crippen molar-refractivity contribution in [3.8, 4) is 0 Å². The molecule has 12 heteroatoms. The van der Waals surface area contributed by atoms with Crippen LogP contribution < -0.4 is 15.6 Å². The third-order valence-corrected chi connectivity index (χ3v) is 8.80. The number of ether oxygens (including phenoxy) is 1. The zero-order valence-corrected chi connectivity index (χ0v) is 23.2. The lowest BCUT2D eigenvalue weighted by Gasteiger charge is -2.35. The molecule has 3 aromatic heterocycles. The van der Waals surface area contributed by atoms with E-state index in [1.54, 1.807) is 19.1 Å². The standard InChI is InChI=1S/C27H29ClN6O4S/c1-17(35)32-8-10-33(11-9-32)22-5-3-19-24(36)23(26(37)29-6-7-31-12-14-38-15-13-31)27-34(25(19)30-22)20-16-18(28)2-4-21(20)39-27/h2-5,16H,6-15H2,1H3,(H,29,37). The molecule has 2 aliphatic heterocycles. The summed E-state index contributed by atoms with van der Waals surface area (Å²) in [6.07, 6.45) is 0. The van der Waals surface area contributed by atoms with Crippen molar-refractivity contribution in [1.82, 2.24) is 24.5 Å². The van der Waals surface area contributed by atoms with E-state index in [-0.39, 0.29) is 16.9 Å². The van der Waals surface area contributed by atoms with Crippen molar-refractivity contribution in [3.63, 3.8) is 0 Å². The number of pyridine rings is 2. The Labute approximate surface area is 233 Å². The third kappa shape index (κ3) is 4.95. The molecule has 0 atom stereocenters. The highest BCUT2D eigenvalue weighted by atomic mass is 35.5. The number of aromatic nitrogens is 2. The maximum atomic E-state index is 13.8. The topological polar surface area (TPSA) is 99.5 Å². The van der Waals surface area contributed by atoms with E-state index in [4.69, 9.17) is 21.3 Å². The molecule has 1 aromatic carbocycles. The van der Waals surface area contributed by atoms with Crippen LogP contribution in [0.1, 0.15) is 17.3 Å². The second-order valence-electron chi connectivity index (χ2n) is 9.80. The first-order valence-electron chi connectivity index (χ1n) is 13.1. The molecule has 2 amide bonds. The predicted octanol–water partition coefficient (Wildman–Crippen LogP) is 2.45. The molecule has 0 bridgehead atoms. The number of anilines is 1. The van der Waals surface area contributed by atoms with Gasteiger partial charge in [0.15, 0.2) is 5.65 Å². The number of amides is 2. The second-order valence-corrected chi connectivity index (χ2v) is 11.3. The molecule has 2 aliphatic rings. The van der Waals surface area contributed by atoms with Crippen molar-refractivity contribution in [2.45, 2.75) is 6.92 Å². The van der Waals surface area contributed by atoms with Gasteiger partial charge < -0.3 is 19.9 Å². The molecule has 4 aromatic rings. The number of rotatable bonds is 5. The smallest absolute Gasteiger partial charge is 0.258 e. The zero-order chi connectivity index (χ0) is 27.1. The minimum Gasteiger partial charge on any atom is -0.379 e. The summed E-state index contributed by atoms with van der Waals surface area (Å²) < 4.78 is 8.18. The summed E-state index contributed by atoms with van der Waals surface area (Å²) in [5.41, 5.74) is 1.05. The Morgan fingerprint density at radius 3 is 2.59 bits per heavy atom. The summed E-state index contributed by atoms with van der Waals surface area (Å²) in [4.78, 5) is 50.6. The number of nitrogens with zero attached hydrogens (tertiary/aromatic N) is 5. The van der Waals surface area contributed by atoms with Gasteiger partial charge >= 0.3 is 0 Å². The van der Waals surface area contributed by atoms with Crippen molar-refractivity contribution < 1.29 is 14.3 Å². The van der Waals surface area contributed by atoms with Gasteiger partial charge in [0.2, 0.25) is 11.3 Å². The average Bonchev–Trinajstić information content (AvgIpc) is 3.31. The molecular formula is C27H29ClN6O4S. The van der Waals surface area contributed by atoms with Crippen LogP contribution in [0, 0.1) is 0 Å². The van der Waals surface area contributed by atoms with Crippen molar-refractivity contribution in [1.29, 1.82) is 0 Å². The van der Waals surface area contributed by atoms with Gasteiger partial charge in [0.25, 0.3) is 5.91 Å².